The van der Waals surface area contributed by atoms with E-state index in [0.717, 1.165) is 28.3 Å². The largest absolute Gasteiger partial charge is 0.497 e. The van der Waals surface area contributed by atoms with Crippen LogP contribution in [0.4, 0.5) is 11.4 Å². The maximum absolute atomic E-state index is 7.70. The summed E-state index contributed by atoms with van der Waals surface area (Å²) in [6, 6.07) is 13.6. The highest BCUT2D eigenvalue weighted by atomic mass is 16.5. The molecule has 4 nitrogen and oxygen atoms in total. The van der Waals surface area contributed by atoms with Gasteiger partial charge in [0.1, 0.15) is 11.6 Å². The zero-order valence-corrected chi connectivity index (χ0v) is 12.0. The molecule has 0 amide bonds. The molecule has 0 fully saturated rings. The van der Waals surface area contributed by atoms with Crippen molar-refractivity contribution in [3.05, 3.63) is 53.6 Å². The Morgan fingerprint density at radius 3 is 2.35 bits per heavy atom. The minimum Gasteiger partial charge on any atom is -0.497 e. The molecule has 0 aliphatic carbocycles. The van der Waals surface area contributed by atoms with E-state index < -0.39 is 0 Å². The number of amidine groups is 1. The lowest BCUT2D eigenvalue weighted by Gasteiger charge is -2.23. The van der Waals surface area contributed by atoms with Crippen molar-refractivity contribution in [2.45, 2.75) is 6.92 Å². The van der Waals surface area contributed by atoms with Gasteiger partial charge in [-0.15, -0.1) is 0 Å². The summed E-state index contributed by atoms with van der Waals surface area (Å²) in [5.41, 5.74) is 9.46. The van der Waals surface area contributed by atoms with Crippen LogP contribution in [-0.2, 0) is 0 Å². The van der Waals surface area contributed by atoms with Crippen LogP contribution in [-0.4, -0.2) is 20.0 Å². The van der Waals surface area contributed by atoms with E-state index in [2.05, 4.69) is 0 Å². The standard InChI is InChI=1S/C16H19N3O/c1-11-4-9-14(16(17)18)15(10-11)19(2)12-5-7-13(20-3)8-6-12/h4-10H,1-3H3,(H3,17,18). The van der Waals surface area contributed by atoms with Crippen LogP contribution in [0, 0.1) is 12.3 Å². The van der Waals surface area contributed by atoms with Crippen molar-refractivity contribution < 1.29 is 4.74 Å². The van der Waals surface area contributed by atoms with Gasteiger partial charge in [0.2, 0.25) is 0 Å². The van der Waals surface area contributed by atoms with Gasteiger partial charge in [-0.3, -0.25) is 5.41 Å². The molecule has 0 atom stereocenters. The van der Waals surface area contributed by atoms with Gasteiger partial charge >= 0.3 is 0 Å². The second-order valence-electron chi connectivity index (χ2n) is 4.69. The van der Waals surface area contributed by atoms with Gasteiger partial charge in [0.25, 0.3) is 0 Å². The average Bonchev–Trinajstić information content (AvgIpc) is 2.46. The Labute approximate surface area is 119 Å². The lowest BCUT2D eigenvalue weighted by molar-refractivity contribution is 0.415. The third-order valence-electron chi connectivity index (χ3n) is 3.26. The highest BCUT2D eigenvalue weighted by molar-refractivity contribution is 6.01. The van der Waals surface area contributed by atoms with E-state index in [1.54, 1.807) is 7.11 Å². The minimum absolute atomic E-state index is 0.0698. The number of aryl methyl sites for hydroxylation is 1. The summed E-state index contributed by atoms with van der Waals surface area (Å²) < 4.78 is 5.16. The van der Waals surface area contributed by atoms with Crippen molar-refractivity contribution in [2.75, 3.05) is 19.1 Å². The van der Waals surface area contributed by atoms with E-state index in [9.17, 15) is 0 Å². The van der Waals surface area contributed by atoms with Crippen LogP contribution in [0.25, 0.3) is 0 Å². The van der Waals surface area contributed by atoms with Crippen LogP contribution in [0.2, 0.25) is 0 Å². The second-order valence-corrected chi connectivity index (χ2v) is 4.69. The Balaban J connectivity index is 2.43. The normalized spacial score (nSPS) is 10.2. The van der Waals surface area contributed by atoms with Crippen LogP contribution in [0.5, 0.6) is 5.75 Å². The summed E-state index contributed by atoms with van der Waals surface area (Å²) in [7, 11) is 3.61. The first-order chi connectivity index (χ1) is 9.52. The molecule has 20 heavy (non-hydrogen) atoms. The van der Waals surface area contributed by atoms with Crippen LogP contribution in [0.15, 0.2) is 42.5 Å². The zero-order valence-electron chi connectivity index (χ0n) is 12.0. The Hall–Kier alpha value is -2.49. The molecule has 2 aromatic rings. The smallest absolute Gasteiger partial charge is 0.124 e. The molecule has 0 aliphatic heterocycles. The van der Waals surface area contributed by atoms with Crippen molar-refractivity contribution in [2.24, 2.45) is 5.73 Å². The molecule has 104 valence electrons. The topological polar surface area (TPSA) is 62.3 Å². The summed E-state index contributed by atoms with van der Waals surface area (Å²) in [4.78, 5) is 2.02. The molecule has 3 N–H and O–H groups in total. The van der Waals surface area contributed by atoms with Crippen LogP contribution < -0.4 is 15.4 Å². The molecule has 0 unspecified atom stereocenters. The lowest BCUT2D eigenvalue weighted by atomic mass is 10.1. The number of nitrogens with zero attached hydrogens (tertiary/aromatic N) is 1. The Morgan fingerprint density at radius 2 is 1.80 bits per heavy atom. The third kappa shape index (κ3) is 2.74. The zero-order chi connectivity index (χ0) is 14.7. The SMILES string of the molecule is COc1ccc(N(C)c2cc(C)ccc2C(=N)N)cc1. The lowest BCUT2D eigenvalue weighted by Crippen LogP contribution is -2.18. The summed E-state index contributed by atoms with van der Waals surface area (Å²) in [6.07, 6.45) is 0. The Kier molecular flexibility index (Phi) is 3.94. The molecule has 0 radical (unpaired) electrons. The number of nitrogens with one attached hydrogen (secondary N) is 1. The third-order valence-corrected chi connectivity index (χ3v) is 3.26. The van der Waals surface area contributed by atoms with E-state index in [-0.39, 0.29) is 5.84 Å². The predicted octanol–water partition coefficient (Wildman–Crippen LogP) is 3.06. The number of hydrogen-bond acceptors (Lipinski definition) is 3. The Bertz CT molecular complexity index is 620. The maximum atomic E-state index is 7.70. The van der Waals surface area contributed by atoms with Gasteiger partial charge in [0, 0.05) is 18.3 Å². The van der Waals surface area contributed by atoms with Crippen LogP contribution >= 0.6 is 0 Å². The van der Waals surface area contributed by atoms with Gasteiger partial charge in [-0.1, -0.05) is 6.07 Å². The molecule has 0 saturated heterocycles. The molecule has 4 heteroatoms. The summed E-state index contributed by atoms with van der Waals surface area (Å²) in [6.45, 7) is 2.02. The fourth-order valence-corrected chi connectivity index (χ4v) is 2.09. The van der Waals surface area contributed by atoms with E-state index in [0.29, 0.717) is 0 Å². The molecule has 0 spiro atoms. The number of nitrogens with two attached hydrogens (primary N) is 1. The molecule has 2 rings (SSSR count). The molecule has 2 aromatic carbocycles. The fourth-order valence-electron chi connectivity index (χ4n) is 2.09. The number of hydrogen-bond donors (Lipinski definition) is 2. The van der Waals surface area contributed by atoms with Crippen molar-refractivity contribution in [1.29, 1.82) is 5.41 Å². The number of benzene rings is 2. The molecular formula is C16H19N3O. The average molecular weight is 269 g/mol. The van der Waals surface area contributed by atoms with Gasteiger partial charge in [0.15, 0.2) is 0 Å². The summed E-state index contributed by atoms with van der Waals surface area (Å²) >= 11 is 0. The first kappa shape index (κ1) is 13.9. The van der Waals surface area contributed by atoms with Crippen molar-refractivity contribution in [3.63, 3.8) is 0 Å². The monoisotopic (exact) mass is 269 g/mol. The number of anilines is 2. The van der Waals surface area contributed by atoms with Gasteiger partial charge < -0.3 is 15.4 Å². The van der Waals surface area contributed by atoms with Gasteiger partial charge in [0.05, 0.1) is 12.8 Å². The van der Waals surface area contributed by atoms with Crippen molar-refractivity contribution in [3.8, 4) is 5.75 Å². The molecule has 0 saturated carbocycles. The Morgan fingerprint density at radius 1 is 1.15 bits per heavy atom. The van der Waals surface area contributed by atoms with Crippen molar-refractivity contribution in [1.82, 2.24) is 0 Å². The number of nitrogen functional groups attached to an aromatic ring is 1. The summed E-state index contributed by atoms with van der Waals surface area (Å²) in [5.74, 6) is 0.888. The second kappa shape index (κ2) is 5.65. The molecule has 0 heterocycles. The van der Waals surface area contributed by atoms with E-state index in [1.165, 1.54) is 0 Å². The quantitative estimate of drug-likeness (QED) is 0.662. The molecule has 0 bridgehead atoms. The maximum Gasteiger partial charge on any atom is 0.124 e. The fraction of sp³-hybridized carbons (Fsp3) is 0.188. The van der Waals surface area contributed by atoms with E-state index in [1.807, 2.05) is 61.3 Å². The van der Waals surface area contributed by atoms with Gasteiger partial charge in [-0.2, -0.15) is 0 Å². The number of methoxy groups -OCH3 is 1. The molecular weight excluding hydrogens is 250 g/mol. The number of ether oxygens (including phenoxy) is 1. The van der Waals surface area contributed by atoms with Gasteiger partial charge in [-0.05, 0) is 48.9 Å². The first-order valence-electron chi connectivity index (χ1n) is 6.35. The molecule has 0 aromatic heterocycles. The van der Waals surface area contributed by atoms with E-state index in [4.69, 9.17) is 15.9 Å². The minimum atomic E-state index is 0.0698. The van der Waals surface area contributed by atoms with Gasteiger partial charge in [-0.25, -0.2) is 0 Å². The van der Waals surface area contributed by atoms with E-state index >= 15 is 0 Å². The molecule has 0 aliphatic rings. The highest BCUT2D eigenvalue weighted by Crippen LogP contribution is 2.29. The van der Waals surface area contributed by atoms with Crippen LogP contribution in [0.3, 0.4) is 0 Å². The highest BCUT2D eigenvalue weighted by Gasteiger charge is 2.11. The summed E-state index contributed by atoms with van der Waals surface area (Å²) in [5, 5.41) is 7.70. The number of rotatable bonds is 4. The predicted molar refractivity (Wildman–Crippen MR) is 83.3 cm³/mol. The van der Waals surface area contributed by atoms with Crippen molar-refractivity contribution >= 4 is 17.2 Å². The first-order valence-corrected chi connectivity index (χ1v) is 6.35. The van der Waals surface area contributed by atoms with Crippen LogP contribution in [0.1, 0.15) is 11.1 Å².